The summed E-state index contributed by atoms with van der Waals surface area (Å²) in [6.07, 6.45) is 3.95. The number of imidazole rings is 1. The van der Waals surface area contributed by atoms with E-state index in [1.165, 1.54) is 6.33 Å². The lowest BCUT2D eigenvalue weighted by molar-refractivity contribution is 0.721. The standard InChI is InChI=1S/C22H19N7/c1-2-15(29-22-20-21(24-12-23-20)25-13-26-22)19-18(14-8-4-3-5-9-14)27-16-10-6-7-11-17(16)28-19/h3-13,15H,2H2,1H3,(H2,23,24,25,26,29). The van der Waals surface area contributed by atoms with Crippen LogP contribution < -0.4 is 5.32 Å². The molecule has 142 valence electrons. The second-order valence-corrected chi connectivity index (χ2v) is 6.74. The van der Waals surface area contributed by atoms with Crippen LogP contribution in [0.1, 0.15) is 25.1 Å². The number of nitrogens with zero attached hydrogens (tertiary/aromatic N) is 5. The third kappa shape index (κ3) is 3.16. The summed E-state index contributed by atoms with van der Waals surface area (Å²) in [5, 5.41) is 3.52. The number of fused-ring (bicyclic) bond motifs is 2. The van der Waals surface area contributed by atoms with Crippen LogP contribution in [0.2, 0.25) is 0 Å². The van der Waals surface area contributed by atoms with Crippen molar-refractivity contribution in [1.82, 2.24) is 29.9 Å². The zero-order valence-corrected chi connectivity index (χ0v) is 15.9. The first-order valence-electron chi connectivity index (χ1n) is 9.56. The molecule has 0 amide bonds. The van der Waals surface area contributed by atoms with Crippen LogP contribution in [0.4, 0.5) is 5.82 Å². The van der Waals surface area contributed by atoms with Gasteiger partial charge in [-0.2, -0.15) is 0 Å². The Morgan fingerprint density at radius 2 is 1.66 bits per heavy atom. The van der Waals surface area contributed by atoms with Gasteiger partial charge in [-0.05, 0) is 18.6 Å². The Bertz CT molecular complexity index is 1280. The fraction of sp³-hybridized carbons (Fsp3) is 0.136. The van der Waals surface area contributed by atoms with E-state index in [-0.39, 0.29) is 6.04 Å². The van der Waals surface area contributed by atoms with Crippen LogP contribution in [0, 0.1) is 0 Å². The van der Waals surface area contributed by atoms with E-state index in [1.54, 1.807) is 6.33 Å². The van der Waals surface area contributed by atoms with Crippen molar-refractivity contribution in [3.05, 3.63) is 72.9 Å². The normalized spacial score (nSPS) is 12.3. The number of para-hydroxylation sites is 2. The van der Waals surface area contributed by atoms with Crippen molar-refractivity contribution in [3.8, 4) is 11.3 Å². The van der Waals surface area contributed by atoms with Crippen molar-refractivity contribution in [2.45, 2.75) is 19.4 Å². The van der Waals surface area contributed by atoms with Gasteiger partial charge in [0.25, 0.3) is 0 Å². The Kier molecular flexibility index (Phi) is 4.32. The van der Waals surface area contributed by atoms with Crippen molar-refractivity contribution in [2.75, 3.05) is 5.32 Å². The van der Waals surface area contributed by atoms with E-state index < -0.39 is 0 Å². The summed E-state index contributed by atoms with van der Waals surface area (Å²) in [6.45, 7) is 2.12. The molecular weight excluding hydrogens is 362 g/mol. The monoisotopic (exact) mass is 381 g/mol. The van der Waals surface area contributed by atoms with Crippen LogP contribution in [0.5, 0.6) is 0 Å². The third-order valence-corrected chi connectivity index (χ3v) is 4.92. The summed E-state index contributed by atoms with van der Waals surface area (Å²) in [5.74, 6) is 0.702. The van der Waals surface area contributed by atoms with Gasteiger partial charge in [0, 0.05) is 5.56 Å². The minimum Gasteiger partial charge on any atom is -0.360 e. The predicted octanol–water partition coefficient (Wildman–Crippen LogP) is 4.53. The molecule has 29 heavy (non-hydrogen) atoms. The molecule has 2 aromatic carbocycles. The summed E-state index contributed by atoms with van der Waals surface area (Å²) in [4.78, 5) is 25.9. The molecule has 3 aromatic heterocycles. The molecule has 0 fully saturated rings. The van der Waals surface area contributed by atoms with Gasteiger partial charge in [-0.1, -0.05) is 49.4 Å². The zero-order chi connectivity index (χ0) is 19.6. The molecule has 0 saturated carbocycles. The topological polar surface area (TPSA) is 92.3 Å². The average Bonchev–Trinajstić information content (AvgIpc) is 3.27. The molecule has 0 aliphatic heterocycles. The largest absolute Gasteiger partial charge is 0.360 e. The summed E-state index contributed by atoms with van der Waals surface area (Å²) in [6, 6.07) is 18.0. The van der Waals surface area contributed by atoms with Crippen LogP contribution in [0.25, 0.3) is 33.5 Å². The van der Waals surface area contributed by atoms with E-state index in [2.05, 4.69) is 44.3 Å². The van der Waals surface area contributed by atoms with Gasteiger partial charge in [-0.3, -0.25) is 0 Å². The van der Waals surface area contributed by atoms with Crippen LogP contribution in [-0.4, -0.2) is 29.9 Å². The van der Waals surface area contributed by atoms with Crippen LogP contribution in [-0.2, 0) is 0 Å². The highest BCUT2D eigenvalue weighted by molar-refractivity contribution is 5.83. The maximum absolute atomic E-state index is 4.99. The molecule has 0 saturated heterocycles. The predicted molar refractivity (Wildman–Crippen MR) is 113 cm³/mol. The SMILES string of the molecule is CCC(Nc1ncnc2nc[nH]c12)c1nc2ccccc2nc1-c1ccccc1. The molecule has 7 nitrogen and oxygen atoms in total. The minimum atomic E-state index is -0.0799. The van der Waals surface area contributed by atoms with E-state index in [0.717, 1.165) is 39.9 Å². The number of H-pyrrole nitrogens is 1. The molecular formula is C22H19N7. The van der Waals surface area contributed by atoms with E-state index >= 15 is 0 Å². The number of rotatable bonds is 5. The first-order chi connectivity index (χ1) is 14.3. The van der Waals surface area contributed by atoms with Gasteiger partial charge in [-0.15, -0.1) is 0 Å². The van der Waals surface area contributed by atoms with E-state index in [0.29, 0.717) is 11.5 Å². The van der Waals surface area contributed by atoms with Crippen LogP contribution in [0.15, 0.2) is 67.3 Å². The van der Waals surface area contributed by atoms with Crippen molar-refractivity contribution >= 4 is 28.0 Å². The number of hydrogen-bond donors (Lipinski definition) is 2. The summed E-state index contributed by atoms with van der Waals surface area (Å²) < 4.78 is 0. The zero-order valence-electron chi connectivity index (χ0n) is 15.9. The Morgan fingerprint density at radius 1 is 0.897 bits per heavy atom. The van der Waals surface area contributed by atoms with E-state index in [9.17, 15) is 0 Å². The molecule has 0 bridgehead atoms. The highest BCUT2D eigenvalue weighted by atomic mass is 15.1. The Morgan fingerprint density at radius 3 is 2.45 bits per heavy atom. The fourth-order valence-electron chi connectivity index (χ4n) is 3.47. The van der Waals surface area contributed by atoms with Gasteiger partial charge in [-0.25, -0.2) is 24.9 Å². The summed E-state index contributed by atoms with van der Waals surface area (Å²) >= 11 is 0. The molecule has 7 heteroatoms. The number of nitrogens with one attached hydrogen (secondary N) is 2. The highest BCUT2D eigenvalue weighted by Gasteiger charge is 2.21. The molecule has 5 rings (SSSR count). The smallest absolute Gasteiger partial charge is 0.182 e. The maximum Gasteiger partial charge on any atom is 0.182 e. The van der Waals surface area contributed by atoms with Gasteiger partial charge >= 0.3 is 0 Å². The van der Waals surface area contributed by atoms with Gasteiger partial charge in [0.1, 0.15) is 11.8 Å². The summed E-state index contributed by atoms with van der Waals surface area (Å²) in [5.41, 5.74) is 5.96. The van der Waals surface area contributed by atoms with Crippen molar-refractivity contribution in [2.24, 2.45) is 0 Å². The number of aromatic amines is 1. The second-order valence-electron chi connectivity index (χ2n) is 6.74. The molecule has 3 heterocycles. The molecule has 0 aliphatic rings. The lowest BCUT2D eigenvalue weighted by atomic mass is 10.0. The molecule has 0 spiro atoms. The molecule has 0 aliphatic carbocycles. The van der Waals surface area contributed by atoms with Crippen molar-refractivity contribution in [1.29, 1.82) is 0 Å². The Labute approximate surface area is 167 Å². The number of anilines is 1. The quantitative estimate of drug-likeness (QED) is 0.465. The first kappa shape index (κ1) is 17.2. The number of aromatic nitrogens is 6. The lowest BCUT2D eigenvalue weighted by Gasteiger charge is -2.20. The lowest BCUT2D eigenvalue weighted by Crippen LogP contribution is -2.15. The fourth-order valence-corrected chi connectivity index (χ4v) is 3.47. The van der Waals surface area contributed by atoms with Gasteiger partial charge < -0.3 is 10.3 Å². The van der Waals surface area contributed by atoms with Gasteiger partial charge in [0.2, 0.25) is 0 Å². The molecule has 1 atom stereocenters. The molecule has 0 radical (unpaired) electrons. The van der Waals surface area contributed by atoms with Crippen LogP contribution >= 0.6 is 0 Å². The van der Waals surface area contributed by atoms with Crippen molar-refractivity contribution in [3.63, 3.8) is 0 Å². The first-order valence-corrected chi connectivity index (χ1v) is 9.56. The minimum absolute atomic E-state index is 0.0799. The van der Waals surface area contributed by atoms with E-state index in [1.807, 2.05) is 42.5 Å². The van der Waals surface area contributed by atoms with E-state index in [4.69, 9.17) is 9.97 Å². The van der Waals surface area contributed by atoms with Crippen molar-refractivity contribution < 1.29 is 0 Å². The third-order valence-electron chi connectivity index (χ3n) is 4.92. The highest BCUT2D eigenvalue weighted by Crippen LogP contribution is 2.31. The number of hydrogen-bond acceptors (Lipinski definition) is 6. The Balaban J connectivity index is 1.66. The summed E-state index contributed by atoms with van der Waals surface area (Å²) in [7, 11) is 0. The van der Waals surface area contributed by atoms with Gasteiger partial charge in [0.05, 0.1) is 34.8 Å². The second kappa shape index (κ2) is 7.27. The number of benzene rings is 2. The van der Waals surface area contributed by atoms with Crippen LogP contribution in [0.3, 0.4) is 0 Å². The molecule has 2 N–H and O–H groups in total. The maximum atomic E-state index is 4.99. The Hall–Kier alpha value is -3.87. The average molecular weight is 381 g/mol. The van der Waals surface area contributed by atoms with Gasteiger partial charge in [0.15, 0.2) is 11.5 Å². The molecule has 5 aromatic rings. The molecule has 1 unspecified atom stereocenters.